The number of methoxy groups -OCH3 is 1. The summed E-state index contributed by atoms with van der Waals surface area (Å²) >= 11 is 0. The molecule has 1 saturated carbocycles. The first-order chi connectivity index (χ1) is 15.4. The van der Waals surface area contributed by atoms with E-state index in [9.17, 15) is 9.59 Å². The van der Waals surface area contributed by atoms with E-state index in [1.54, 1.807) is 7.11 Å². The zero-order chi connectivity index (χ0) is 22.7. The summed E-state index contributed by atoms with van der Waals surface area (Å²) in [7, 11) is 1.62. The minimum Gasteiger partial charge on any atom is -0.497 e. The SMILES string of the molecule is COc1ccc2nc(CCCCCC3CC3)c(OC3CNC(C(C)=O)(C(C)=O)C3)nc2c1. The third-order valence-corrected chi connectivity index (χ3v) is 6.78. The van der Waals surface area contributed by atoms with Crippen LogP contribution in [0.3, 0.4) is 0 Å². The number of fused-ring (bicyclic) bond motifs is 1. The van der Waals surface area contributed by atoms with Gasteiger partial charge < -0.3 is 9.47 Å². The number of nitrogens with one attached hydrogen (secondary N) is 1. The van der Waals surface area contributed by atoms with E-state index in [0.717, 1.165) is 30.0 Å². The highest BCUT2D eigenvalue weighted by molar-refractivity contribution is 6.10. The standard InChI is InChI=1S/C25H33N3O4/c1-16(29)25(17(2)30)14-20(15-26-25)32-24-22(8-6-4-5-7-18-9-10-18)27-21-12-11-19(31-3)13-23(21)28-24/h11-13,18,20,26H,4-10,14-15H2,1-3H3. The van der Waals surface area contributed by atoms with Crippen LogP contribution in [0, 0.1) is 5.92 Å². The number of carbonyl (C=O) groups is 2. The van der Waals surface area contributed by atoms with Crippen molar-refractivity contribution in [2.24, 2.45) is 5.92 Å². The van der Waals surface area contributed by atoms with Gasteiger partial charge in [0.25, 0.3) is 0 Å². The summed E-state index contributed by atoms with van der Waals surface area (Å²) in [5, 5.41) is 3.10. The van der Waals surface area contributed by atoms with E-state index in [2.05, 4.69) is 5.32 Å². The van der Waals surface area contributed by atoms with E-state index in [0.29, 0.717) is 30.1 Å². The Morgan fingerprint density at radius 2 is 1.88 bits per heavy atom. The van der Waals surface area contributed by atoms with E-state index in [1.807, 2.05) is 18.2 Å². The number of aromatic nitrogens is 2. The van der Waals surface area contributed by atoms with Crippen LogP contribution in [-0.4, -0.2) is 46.8 Å². The molecule has 1 saturated heterocycles. The van der Waals surface area contributed by atoms with Gasteiger partial charge >= 0.3 is 0 Å². The van der Waals surface area contributed by atoms with Gasteiger partial charge in [-0.3, -0.25) is 14.9 Å². The van der Waals surface area contributed by atoms with Gasteiger partial charge in [0.05, 0.1) is 18.1 Å². The van der Waals surface area contributed by atoms with Gasteiger partial charge in [-0.05, 0) is 44.7 Å². The topological polar surface area (TPSA) is 90.4 Å². The Hall–Kier alpha value is -2.54. The van der Waals surface area contributed by atoms with Crippen molar-refractivity contribution in [3.8, 4) is 11.6 Å². The Balaban J connectivity index is 1.53. The number of rotatable bonds is 11. The maximum Gasteiger partial charge on any atom is 0.236 e. The quantitative estimate of drug-likeness (QED) is 0.420. The van der Waals surface area contributed by atoms with Crippen LogP contribution < -0.4 is 14.8 Å². The van der Waals surface area contributed by atoms with Gasteiger partial charge in [-0.15, -0.1) is 0 Å². The highest BCUT2D eigenvalue weighted by Crippen LogP contribution is 2.34. The third kappa shape index (κ3) is 4.93. The minimum absolute atomic E-state index is 0.179. The van der Waals surface area contributed by atoms with Crippen LogP contribution in [0.25, 0.3) is 11.0 Å². The number of nitrogens with zero attached hydrogens (tertiary/aromatic N) is 2. The number of hydrogen-bond donors (Lipinski definition) is 1. The molecule has 0 amide bonds. The number of Topliss-reactive ketones (excluding diaryl/α,β-unsaturated/α-hetero) is 2. The molecule has 0 radical (unpaired) electrons. The van der Waals surface area contributed by atoms with Gasteiger partial charge in [0, 0.05) is 19.0 Å². The monoisotopic (exact) mass is 439 g/mol. The molecular formula is C25H33N3O4. The lowest BCUT2D eigenvalue weighted by Gasteiger charge is -2.23. The molecular weight excluding hydrogens is 406 g/mol. The Morgan fingerprint density at radius 3 is 2.53 bits per heavy atom. The maximum atomic E-state index is 12.2. The van der Waals surface area contributed by atoms with E-state index in [4.69, 9.17) is 19.4 Å². The van der Waals surface area contributed by atoms with Crippen molar-refractivity contribution < 1.29 is 19.1 Å². The van der Waals surface area contributed by atoms with Gasteiger partial charge in [-0.1, -0.05) is 32.1 Å². The Kier molecular flexibility index (Phi) is 6.74. The molecule has 7 nitrogen and oxygen atoms in total. The van der Waals surface area contributed by atoms with Crippen LogP contribution in [0.1, 0.15) is 64.5 Å². The Morgan fingerprint density at radius 1 is 1.09 bits per heavy atom. The molecule has 1 aromatic heterocycles. The van der Waals surface area contributed by atoms with Crippen molar-refractivity contribution in [3.63, 3.8) is 0 Å². The minimum atomic E-state index is -1.17. The summed E-state index contributed by atoms with van der Waals surface area (Å²) in [6.07, 6.45) is 8.35. The number of hydrogen-bond acceptors (Lipinski definition) is 7. The molecule has 2 aliphatic rings. The first kappa shape index (κ1) is 22.6. The summed E-state index contributed by atoms with van der Waals surface area (Å²) < 4.78 is 11.6. The zero-order valence-corrected chi connectivity index (χ0v) is 19.3. The van der Waals surface area contributed by atoms with Crippen LogP contribution in [0.5, 0.6) is 11.6 Å². The van der Waals surface area contributed by atoms with Crippen molar-refractivity contribution in [2.75, 3.05) is 13.7 Å². The van der Waals surface area contributed by atoms with Crippen LogP contribution >= 0.6 is 0 Å². The lowest BCUT2D eigenvalue weighted by molar-refractivity contribution is -0.133. The fourth-order valence-electron chi connectivity index (χ4n) is 4.55. The summed E-state index contributed by atoms with van der Waals surface area (Å²) in [6, 6.07) is 5.64. The highest BCUT2D eigenvalue weighted by atomic mass is 16.5. The predicted octanol–water partition coefficient (Wildman–Crippen LogP) is 3.81. The maximum absolute atomic E-state index is 12.2. The number of ketones is 2. The molecule has 2 heterocycles. The molecule has 2 fully saturated rings. The summed E-state index contributed by atoms with van der Waals surface area (Å²) in [6.45, 7) is 3.32. The molecule has 1 aromatic carbocycles. The number of carbonyl (C=O) groups excluding carboxylic acids is 2. The molecule has 4 rings (SSSR count). The average molecular weight is 440 g/mol. The Labute approximate surface area is 189 Å². The van der Waals surface area contributed by atoms with Crippen molar-refractivity contribution >= 4 is 22.6 Å². The molecule has 32 heavy (non-hydrogen) atoms. The Bertz CT molecular complexity index is 988. The van der Waals surface area contributed by atoms with Gasteiger partial charge in [0.2, 0.25) is 5.88 Å². The highest BCUT2D eigenvalue weighted by Gasteiger charge is 2.48. The van der Waals surface area contributed by atoms with Gasteiger partial charge in [-0.2, -0.15) is 0 Å². The summed E-state index contributed by atoms with van der Waals surface area (Å²) in [4.78, 5) is 34.0. The molecule has 1 N–H and O–H groups in total. The molecule has 1 aliphatic heterocycles. The van der Waals surface area contributed by atoms with Crippen molar-refractivity contribution in [1.29, 1.82) is 0 Å². The molecule has 7 heteroatoms. The van der Waals surface area contributed by atoms with Gasteiger partial charge in [0.15, 0.2) is 11.6 Å². The predicted molar refractivity (Wildman–Crippen MR) is 122 cm³/mol. The second-order valence-electron chi connectivity index (χ2n) is 9.22. The molecule has 0 spiro atoms. The normalized spacial score (nSPS) is 19.8. The molecule has 1 unspecified atom stereocenters. The van der Waals surface area contributed by atoms with Crippen molar-refractivity contribution in [3.05, 3.63) is 23.9 Å². The fraction of sp³-hybridized carbons (Fsp3) is 0.600. The van der Waals surface area contributed by atoms with E-state index in [-0.39, 0.29) is 17.7 Å². The lowest BCUT2D eigenvalue weighted by atomic mass is 9.88. The van der Waals surface area contributed by atoms with Crippen molar-refractivity contribution in [2.45, 2.75) is 76.9 Å². The number of benzene rings is 1. The number of unbranched alkanes of at least 4 members (excludes halogenated alkanes) is 2. The third-order valence-electron chi connectivity index (χ3n) is 6.78. The second kappa shape index (κ2) is 9.53. The van der Waals surface area contributed by atoms with Gasteiger partial charge in [0.1, 0.15) is 23.1 Å². The molecule has 1 aliphatic carbocycles. The molecule has 1 atom stereocenters. The summed E-state index contributed by atoms with van der Waals surface area (Å²) in [5.74, 6) is 1.80. The van der Waals surface area contributed by atoms with Crippen LogP contribution in [0.2, 0.25) is 0 Å². The number of ether oxygens (including phenoxy) is 2. The van der Waals surface area contributed by atoms with E-state index in [1.165, 1.54) is 46.0 Å². The zero-order valence-electron chi connectivity index (χ0n) is 19.3. The first-order valence-corrected chi connectivity index (χ1v) is 11.7. The van der Waals surface area contributed by atoms with Crippen LogP contribution in [0.15, 0.2) is 18.2 Å². The first-order valence-electron chi connectivity index (χ1n) is 11.7. The van der Waals surface area contributed by atoms with Gasteiger partial charge in [-0.25, -0.2) is 9.97 Å². The average Bonchev–Trinajstić information content (AvgIpc) is 3.49. The fourth-order valence-corrected chi connectivity index (χ4v) is 4.55. The van der Waals surface area contributed by atoms with E-state index >= 15 is 0 Å². The lowest BCUT2D eigenvalue weighted by Crippen LogP contribution is -2.52. The van der Waals surface area contributed by atoms with Crippen LogP contribution in [-0.2, 0) is 16.0 Å². The molecule has 0 bridgehead atoms. The number of aryl methyl sites for hydroxylation is 1. The summed E-state index contributed by atoms with van der Waals surface area (Å²) in [5.41, 5.74) is 1.17. The smallest absolute Gasteiger partial charge is 0.236 e. The molecule has 2 aromatic rings. The van der Waals surface area contributed by atoms with E-state index < -0.39 is 5.54 Å². The largest absolute Gasteiger partial charge is 0.497 e. The van der Waals surface area contributed by atoms with Crippen LogP contribution in [0.4, 0.5) is 0 Å². The second-order valence-corrected chi connectivity index (χ2v) is 9.22. The van der Waals surface area contributed by atoms with Crippen molar-refractivity contribution in [1.82, 2.24) is 15.3 Å². The molecule has 172 valence electrons.